The quantitative estimate of drug-likeness (QED) is 0.270. The third-order valence-corrected chi connectivity index (χ3v) is 7.40. The van der Waals surface area contributed by atoms with Crippen LogP contribution in [0, 0.1) is 12.5 Å². The second-order valence-electron chi connectivity index (χ2n) is 10.0. The first-order valence-electron chi connectivity index (χ1n) is 12.3. The van der Waals surface area contributed by atoms with Crippen LogP contribution in [0.3, 0.4) is 0 Å². The second-order valence-corrected chi connectivity index (χ2v) is 10.0. The van der Waals surface area contributed by atoms with E-state index in [1.165, 1.54) is 0 Å². The first-order chi connectivity index (χ1) is 15.2. The molecule has 0 aromatic heterocycles. The van der Waals surface area contributed by atoms with Crippen molar-refractivity contribution in [3.8, 4) is 0 Å². The van der Waals surface area contributed by atoms with Crippen LogP contribution in [0.5, 0.6) is 0 Å². The van der Waals surface area contributed by atoms with Crippen molar-refractivity contribution in [2.45, 2.75) is 115 Å². The monoisotopic (exact) mass is 443 g/mol. The van der Waals surface area contributed by atoms with Crippen molar-refractivity contribution in [3.05, 3.63) is 46.8 Å². The lowest BCUT2D eigenvalue weighted by Gasteiger charge is -2.32. The van der Waals surface area contributed by atoms with E-state index in [1.807, 2.05) is 0 Å². The summed E-state index contributed by atoms with van der Waals surface area (Å²) in [5.74, 6) is -0.673. The summed E-state index contributed by atoms with van der Waals surface area (Å²) in [5, 5.41) is 30.2. The molecule has 178 valence electrons. The lowest BCUT2D eigenvalue weighted by atomic mass is 9.76. The van der Waals surface area contributed by atoms with Gasteiger partial charge in [-0.05, 0) is 30.4 Å². The molecule has 0 amide bonds. The lowest BCUT2D eigenvalue weighted by molar-refractivity contribution is -0.137. The Balaban J connectivity index is 2.06. The van der Waals surface area contributed by atoms with Gasteiger partial charge in [0.05, 0.1) is 12.2 Å². The van der Waals surface area contributed by atoms with E-state index in [0.717, 1.165) is 56.1 Å². The minimum absolute atomic E-state index is 0.0460. The molecule has 1 aromatic carbocycles. The molecule has 0 radical (unpaired) electrons. The van der Waals surface area contributed by atoms with Gasteiger partial charge < -0.3 is 20.2 Å². The number of carboxylic acid groups (broad SMARTS) is 1. The fourth-order valence-electron chi connectivity index (χ4n) is 5.18. The topological polar surface area (TPSA) is 82.1 Å². The molecule has 1 saturated carbocycles. The number of hydrogen-bond donors (Lipinski definition) is 3. The van der Waals surface area contributed by atoms with Gasteiger partial charge in [-0.15, -0.1) is 0 Å². The third-order valence-electron chi connectivity index (χ3n) is 7.40. The summed E-state index contributed by atoms with van der Waals surface area (Å²) in [4.78, 5) is 14.5. The molecular weight excluding hydrogens is 402 g/mol. The average Bonchev–Trinajstić information content (AvgIpc) is 3.09. The van der Waals surface area contributed by atoms with Crippen molar-refractivity contribution in [3.63, 3.8) is 0 Å². The van der Waals surface area contributed by atoms with Crippen molar-refractivity contribution in [2.24, 2.45) is 5.92 Å². The summed E-state index contributed by atoms with van der Waals surface area (Å²) in [5.41, 5.74) is 1.83. The minimum Gasteiger partial charge on any atom is -0.481 e. The highest BCUT2D eigenvalue weighted by atomic mass is 16.4. The van der Waals surface area contributed by atoms with Gasteiger partial charge in [-0.2, -0.15) is 0 Å². The van der Waals surface area contributed by atoms with Crippen LogP contribution in [0.2, 0.25) is 0 Å². The molecule has 1 aliphatic carbocycles. The van der Waals surface area contributed by atoms with Gasteiger partial charge in [0.25, 0.3) is 0 Å². The maximum absolute atomic E-state index is 10.8. The van der Waals surface area contributed by atoms with Crippen LogP contribution < -0.4 is 0 Å². The van der Waals surface area contributed by atoms with Crippen LogP contribution in [0.1, 0.15) is 102 Å². The highest BCUT2D eigenvalue weighted by molar-refractivity contribution is 5.66. The smallest absolute Gasteiger partial charge is 0.303 e. The van der Waals surface area contributed by atoms with Crippen LogP contribution in [0.15, 0.2) is 24.3 Å². The van der Waals surface area contributed by atoms with E-state index in [0.29, 0.717) is 12.8 Å². The largest absolute Gasteiger partial charge is 0.481 e. The Labute approximate surface area is 193 Å². The van der Waals surface area contributed by atoms with Crippen LogP contribution in [0.25, 0.3) is 4.85 Å². The number of hydrogen-bond acceptors (Lipinski definition) is 3. The van der Waals surface area contributed by atoms with E-state index in [4.69, 9.17) is 11.7 Å². The molecule has 32 heavy (non-hydrogen) atoms. The van der Waals surface area contributed by atoms with Crippen molar-refractivity contribution in [1.29, 1.82) is 0 Å². The molecule has 5 heteroatoms. The number of nitrogens with zero attached hydrogens (tertiary/aromatic N) is 1. The zero-order valence-corrected chi connectivity index (χ0v) is 20.0. The molecule has 0 aliphatic heterocycles. The number of rotatable bonds is 13. The van der Waals surface area contributed by atoms with Crippen molar-refractivity contribution in [2.75, 3.05) is 0 Å². The van der Waals surface area contributed by atoms with E-state index in [-0.39, 0.29) is 29.7 Å². The van der Waals surface area contributed by atoms with Crippen molar-refractivity contribution >= 4 is 5.97 Å². The third kappa shape index (κ3) is 6.80. The predicted octanol–water partition coefficient (Wildman–Crippen LogP) is 5.69. The number of carbonyl (C=O) groups is 1. The Bertz CT molecular complexity index is 752. The minimum atomic E-state index is -0.749. The molecular formula is C27H41NO4. The first-order valence-corrected chi connectivity index (χ1v) is 12.3. The number of aliphatic hydroxyl groups excluding tert-OH is 2. The van der Waals surface area contributed by atoms with Gasteiger partial charge in [-0.25, -0.2) is 6.57 Å². The van der Waals surface area contributed by atoms with Crippen molar-refractivity contribution in [1.82, 2.24) is 0 Å². The van der Waals surface area contributed by atoms with Gasteiger partial charge in [0.1, 0.15) is 0 Å². The normalized spacial score (nSPS) is 24.2. The zero-order chi connectivity index (χ0) is 23.7. The van der Waals surface area contributed by atoms with Gasteiger partial charge >= 0.3 is 5.97 Å². The van der Waals surface area contributed by atoms with Crippen LogP contribution >= 0.6 is 0 Å². The van der Waals surface area contributed by atoms with Crippen molar-refractivity contribution < 1.29 is 20.1 Å². The summed E-state index contributed by atoms with van der Waals surface area (Å²) < 4.78 is 0. The molecule has 3 N–H and O–H groups in total. The SMILES string of the molecule is [C-]#[N+][C@@H]1C[C@@H](O)C(c2ccc(C(C)(C)C(O)CCCC)cc2)C1CCCCCCC(=O)O. The second kappa shape index (κ2) is 12.4. The van der Waals surface area contributed by atoms with E-state index >= 15 is 0 Å². The average molecular weight is 444 g/mol. The van der Waals surface area contributed by atoms with E-state index in [2.05, 4.69) is 49.9 Å². The van der Waals surface area contributed by atoms with Crippen LogP contribution in [0.4, 0.5) is 0 Å². The Hall–Kier alpha value is -1.90. The number of aliphatic carboxylic acids is 1. The summed E-state index contributed by atoms with van der Waals surface area (Å²) in [6, 6.07) is 8.13. The Kier molecular flexibility index (Phi) is 10.2. The molecule has 3 unspecified atom stereocenters. The molecule has 2 rings (SSSR count). The summed E-state index contributed by atoms with van der Waals surface area (Å²) in [7, 11) is 0. The molecule has 0 saturated heterocycles. The summed E-state index contributed by atoms with van der Waals surface area (Å²) >= 11 is 0. The molecule has 1 aromatic rings. The summed E-state index contributed by atoms with van der Waals surface area (Å²) in [6.45, 7) is 13.9. The number of carboxylic acids is 1. The number of aliphatic hydroxyl groups is 2. The molecule has 1 aliphatic rings. The zero-order valence-electron chi connectivity index (χ0n) is 20.0. The van der Waals surface area contributed by atoms with Gasteiger partial charge in [-0.1, -0.05) is 77.1 Å². The van der Waals surface area contributed by atoms with Gasteiger partial charge in [0.2, 0.25) is 6.04 Å². The van der Waals surface area contributed by atoms with E-state index in [1.54, 1.807) is 0 Å². The van der Waals surface area contributed by atoms with Crippen LogP contribution in [-0.4, -0.2) is 39.5 Å². The first kappa shape index (κ1) is 26.4. The Morgan fingerprint density at radius 2 is 1.81 bits per heavy atom. The molecule has 1 fully saturated rings. The van der Waals surface area contributed by atoms with Crippen LogP contribution in [-0.2, 0) is 10.2 Å². The number of benzene rings is 1. The molecule has 0 bridgehead atoms. The van der Waals surface area contributed by atoms with Gasteiger partial charge in [0.15, 0.2) is 0 Å². The highest BCUT2D eigenvalue weighted by Gasteiger charge is 2.46. The Morgan fingerprint density at radius 1 is 1.16 bits per heavy atom. The maximum Gasteiger partial charge on any atom is 0.303 e. The molecule has 0 spiro atoms. The summed E-state index contributed by atoms with van der Waals surface area (Å²) in [6.07, 6.45) is 7.05. The predicted molar refractivity (Wildman–Crippen MR) is 128 cm³/mol. The maximum atomic E-state index is 10.8. The van der Waals surface area contributed by atoms with Gasteiger partial charge in [-0.3, -0.25) is 4.79 Å². The Morgan fingerprint density at radius 3 is 2.41 bits per heavy atom. The van der Waals surface area contributed by atoms with E-state index < -0.39 is 18.2 Å². The lowest BCUT2D eigenvalue weighted by Crippen LogP contribution is -2.33. The molecule has 5 atom stereocenters. The molecule has 0 heterocycles. The highest BCUT2D eigenvalue weighted by Crippen LogP contribution is 2.45. The van der Waals surface area contributed by atoms with E-state index in [9.17, 15) is 15.0 Å². The standard InChI is InChI=1S/C27H41NO4/c1-5-6-12-24(30)27(2,3)20-16-14-19(15-17-20)26-21(22(28-4)18-23(26)29)11-9-7-8-10-13-25(31)32/h14-17,21-24,26,29-30H,5-13,18H2,1-3H3,(H,31,32)/t21?,22-,23-,24?,26?/m1/s1. The fraction of sp³-hybridized carbons (Fsp3) is 0.704. The number of unbranched alkanes of at least 4 members (excludes halogenated alkanes) is 4. The van der Waals surface area contributed by atoms with Gasteiger partial charge in [0, 0.05) is 30.1 Å². The fourth-order valence-corrected chi connectivity index (χ4v) is 5.18. The molecule has 5 nitrogen and oxygen atoms in total.